The molecule has 2 N–H and O–H groups in total. The zero-order valence-corrected chi connectivity index (χ0v) is 19.0. The van der Waals surface area contributed by atoms with E-state index < -0.39 is 11.7 Å². The first-order valence-electron chi connectivity index (χ1n) is 11.3. The fourth-order valence-corrected chi connectivity index (χ4v) is 3.91. The molecule has 0 atom stereocenters. The van der Waals surface area contributed by atoms with E-state index in [1.807, 2.05) is 31.2 Å². The van der Waals surface area contributed by atoms with Gasteiger partial charge in [-0.1, -0.05) is 12.1 Å². The average Bonchev–Trinajstić information content (AvgIpc) is 2.87. The highest BCUT2D eigenvalue weighted by atomic mass is 19.1. The fraction of sp³-hybridized carbons (Fsp3) is 0.269. The van der Waals surface area contributed by atoms with Crippen molar-refractivity contribution in [1.82, 2.24) is 4.98 Å². The van der Waals surface area contributed by atoms with E-state index in [1.54, 1.807) is 30.5 Å². The number of nitrogens with one attached hydrogen (secondary N) is 2. The van der Waals surface area contributed by atoms with E-state index >= 15 is 0 Å². The number of pyridine rings is 1. The third-order valence-electron chi connectivity index (χ3n) is 5.75. The van der Waals surface area contributed by atoms with Crippen molar-refractivity contribution in [3.63, 3.8) is 0 Å². The van der Waals surface area contributed by atoms with Crippen LogP contribution in [0.5, 0.6) is 5.75 Å². The van der Waals surface area contributed by atoms with Crippen molar-refractivity contribution >= 4 is 29.0 Å². The van der Waals surface area contributed by atoms with Crippen LogP contribution in [0, 0.1) is 11.7 Å². The topological polar surface area (TPSA) is 83.6 Å². The first-order valence-corrected chi connectivity index (χ1v) is 11.3. The summed E-state index contributed by atoms with van der Waals surface area (Å²) < 4.78 is 19.3. The van der Waals surface area contributed by atoms with E-state index in [1.165, 1.54) is 12.1 Å². The van der Waals surface area contributed by atoms with Crippen molar-refractivity contribution in [1.29, 1.82) is 0 Å². The average molecular weight is 463 g/mol. The highest BCUT2D eigenvalue weighted by Crippen LogP contribution is 2.25. The van der Waals surface area contributed by atoms with Crippen LogP contribution in [0.1, 0.15) is 30.1 Å². The number of carbonyl (C=O) groups excluding carboxylic acids is 2. The number of halogens is 1. The van der Waals surface area contributed by atoms with Crippen LogP contribution in [0.4, 0.5) is 21.6 Å². The largest absolute Gasteiger partial charge is 0.494 e. The van der Waals surface area contributed by atoms with E-state index in [4.69, 9.17) is 4.74 Å². The summed E-state index contributed by atoms with van der Waals surface area (Å²) in [5, 5.41) is 5.57. The standard InChI is InChI=1S/C26H27FN4O3/c1-2-34-21-9-7-20(8-10-21)29-25(32)18-12-15-31(16-13-18)24-17-19(11-14-28-24)26(33)30-23-6-4-3-5-22(23)27/h3-11,14,17-18H,2,12-13,15-16H2,1H3,(H,29,32)(H,30,33). The van der Waals surface area contributed by atoms with Crippen LogP contribution in [-0.4, -0.2) is 36.5 Å². The SMILES string of the molecule is CCOc1ccc(NC(=O)C2CCN(c3cc(C(=O)Nc4ccccc4F)ccn3)CC2)cc1. The quantitative estimate of drug-likeness (QED) is 0.531. The van der Waals surface area contributed by atoms with Crippen molar-refractivity contribution in [3.8, 4) is 5.75 Å². The Kier molecular flexibility index (Phi) is 7.37. The Bertz CT molecular complexity index is 1140. The van der Waals surface area contributed by atoms with Gasteiger partial charge >= 0.3 is 0 Å². The molecule has 0 saturated carbocycles. The highest BCUT2D eigenvalue weighted by molar-refractivity contribution is 6.04. The number of nitrogens with zero attached hydrogens (tertiary/aromatic N) is 2. The minimum absolute atomic E-state index is 0.00483. The molecule has 0 radical (unpaired) electrons. The molecule has 0 bridgehead atoms. The van der Waals surface area contributed by atoms with Gasteiger partial charge in [0.15, 0.2) is 0 Å². The lowest BCUT2D eigenvalue weighted by Crippen LogP contribution is -2.38. The molecule has 34 heavy (non-hydrogen) atoms. The first-order chi connectivity index (χ1) is 16.5. The molecule has 176 valence electrons. The summed E-state index contributed by atoms with van der Waals surface area (Å²) in [6.07, 6.45) is 2.92. The molecule has 0 unspecified atom stereocenters. The summed E-state index contributed by atoms with van der Waals surface area (Å²) in [4.78, 5) is 31.7. The second kappa shape index (κ2) is 10.8. The third-order valence-corrected chi connectivity index (χ3v) is 5.75. The van der Waals surface area contributed by atoms with Crippen LogP contribution < -0.4 is 20.3 Å². The molecule has 2 heterocycles. The lowest BCUT2D eigenvalue weighted by Gasteiger charge is -2.32. The Morgan fingerprint density at radius 3 is 2.50 bits per heavy atom. The van der Waals surface area contributed by atoms with Crippen LogP contribution in [0.3, 0.4) is 0 Å². The van der Waals surface area contributed by atoms with Gasteiger partial charge < -0.3 is 20.3 Å². The molecule has 1 aliphatic heterocycles. The van der Waals surface area contributed by atoms with Gasteiger partial charge in [0.05, 0.1) is 12.3 Å². The van der Waals surface area contributed by atoms with Crippen LogP contribution in [-0.2, 0) is 4.79 Å². The molecule has 1 aliphatic rings. The predicted molar refractivity (Wildman–Crippen MR) is 130 cm³/mol. The van der Waals surface area contributed by atoms with Crippen LogP contribution in [0.2, 0.25) is 0 Å². The summed E-state index contributed by atoms with van der Waals surface area (Å²) in [5.74, 6) is 0.428. The maximum Gasteiger partial charge on any atom is 0.255 e. The number of amides is 2. The van der Waals surface area contributed by atoms with Crippen LogP contribution in [0.15, 0.2) is 66.9 Å². The number of carbonyl (C=O) groups is 2. The monoisotopic (exact) mass is 462 g/mol. The Labute approximate surface area is 198 Å². The molecular weight excluding hydrogens is 435 g/mol. The molecule has 1 aromatic heterocycles. The Hall–Kier alpha value is -3.94. The molecule has 1 saturated heterocycles. The van der Waals surface area contributed by atoms with Gasteiger partial charge in [0, 0.05) is 36.5 Å². The van der Waals surface area contributed by atoms with Gasteiger partial charge in [0.1, 0.15) is 17.4 Å². The number of piperidine rings is 1. The minimum Gasteiger partial charge on any atom is -0.494 e. The van der Waals surface area contributed by atoms with Crippen molar-refractivity contribution in [2.75, 3.05) is 35.2 Å². The zero-order chi connectivity index (χ0) is 23.9. The molecule has 8 heteroatoms. The molecule has 3 aromatic rings. The Balaban J connectivity index is 1.32. The van der Waals surface area contributed by atoms with E-state index in [0.29, 0.717) is 43.9 Å². The first kappa shape index (κ1) is 23.2. The van der Waals surface area contributed by atoms with Gasteiger partial charge in [-0.2, -0.15) is 0 Å². The number of benzene rings is 2. The molecular formula is C26H27FN4O3. The number of anilines is 3. The number of hydrogen-bond acceptors (Lipinski definition) is 5. The van der Waals surface area contributed by atoms with E-state index in [9.17, 15) is 14.0 Å². The number of ether oxygens (including phenoxy) is 1. The number of aromatic nitrogens is 1. The summed E-state index contributed by atoms with van der Waals surface area (Å²) in [7, 11) is 0. The fourth-order valence-electron chi connectivity index (χ4n) is 3.91. The van der Waals surface area contributed by atoms with Crippen LogP contribution >= 0.6 is 0 Å². The molecule has 0 spiro atoms. The third kappa shape index (κ3) is 5.70. The summed E-state index contributed by atoms with van der Waals surface area (Å²) in [5.41, 5.74) is 1.26. The molecule has 2 aromatic carbocycles. The van der Waals surface area contributed by atoms with Gasteiger partial charge in [-0.05, 0) is 68.3 Å². The minimum atomic E-state index is -0.490. The number of rotatable bonds is 7. The summed E-state index contributed by atoms with van der Waals surface area (Å²) in [6.45, 7) is 3.81. The van der Waals surface area contributed by atoms with Gasteiger partial charge in [-0.3, -0.25) is 9.59 Å². The van der Waals surface area contributed by atoms with Crippen molar-refractivity contribution in [3.05, 3.63) is 78.2 Å². The lowest BCUT2D eigenvalue weighted by molar-refractivity contribution is -0.120. The van der Waals surface area contributed by atoms with Crippen molar-refractivity contribution < 1.29 is 18.7 Å². The molecule has 2 amide bonds. The molecule has 1 fully saturated rings. The van der Waals surface area contributed by atoms with Crippen LogP contribution in [0.25, 0.3) is 0 Å². The maximum absolute atomic E-state index is 13.9. The van der Waals surface area contributed by atoms with Gasteiger partial charge in [-0.15, -0.1) is 0 Å². The molecule has 0 aliphatic carbocycles. The molecule has 4 rings (SSSR count). The van der Waals surface area contributed by atoms with E-state index in [0.717, 1.165) is 11.4 Å². The number of hydrogen-bond donors (Lipinski definition) is 2. The maximum atomic E-state index is 13.9. The second-order valence-corrected chi connectivity index (χ2v) is 8.04. The van der Waals surface area contributed by atoms with E-state index in [2.05, 4.69) is 20.5 Å². The van der Waals surface area contributed by atoms with Crippen molar-refractivity contribution in [2.24, 2.45) is 5.92 Å². The van der Waals surface area contributed by atoms with Crippen molar-refractivity contribution in [2.45, 2.75) is 19.8 Å². The Morgan fingerprint density at radius 1 is 1.06 bits per heavy atom. The lowest BCUT2D eigenvalue weighted by atomic mass is 9.95. The van der Waals surface area contributed by atoms with E-state index in [-0.39, 0.29) is 17.5 Å². The zero-order valence-electron chi connectivity index (χ0n) is 19.0. The molecule has 7 nitrogen and oxygen atoms in total. The Morgan fingerprint density at radius 2 is 1.79 bits per heavy atom. The summed E-state index contributed by atoms with van der Waals surface area (Å²) in [6, 6.07) is 16.7. The highest BCUT2D eigenvalue weighted by Gasteiger charge is 2.26. The number of para-hydroxylation sites is 1. The normalized spacial score (nSPS) is 13.9. The predicted octanol–water partition coefficient (Wildman–Crippen LogP) is 4.73. The van der Waals surface area contributed by atoms with Gasteiger partial charge in [-0.25, -0.2) is 9.37 Å². The van der Waals surface area contributed by atoms with Gasteiger partial charge in [0.25, 0.3) is 5.91 Å². The second-order valence-electron chi connectivity index (χ2n) is 8.04. The van der Waals surface area contributed by atoms with Gasteiger partial charge in [0.2, 0.25) is 5.91 Å². The smallest absolute Gasteiger partial charge is 0.255 e. The summed E-state index contributed by atoms with van der Waals surface area (Å²) >= 11 is 0.